The summed E-state index contributed by atoms with van der Waals surface area (Å²) in [5.74, 6) is -1.91. The molecule has 0 fully saturated rings. The summed E-state index contributed by atoms with van der Waals surface area (Å²) in [6.45, 7) is 14.2. The molecule has 9 nitrogen and oxygen atoms in total. The van der Waals surface area contributed by atoms with E-state index >= 15 is 0 Å². The van der Waals surface area contributed by atoms with Gasteiger partial charge in [0.1, 0.15) is 12.2 Å². The van der Waals surface area contributed by atoms with Gasteiger partial charge in [-0.1, -0.05) is 27.7 Å². The van der Waals surface area contributed by atoms with E-state index in [0.29, 0.717) is 25.7 Å². The third-order valence-corrected chi connectivity index (χ3v) is 7.03. The highest BCUT2D eigenvalue weighted by atomic mass is 31.2. The summed E-state index contributed by atoms with van der Waals surface area (Å²) >= 11 is 0. The normalized spacial score (nSPS) is 18.5. The van der Waals surface area contributed by atoms with Crippen LogP contribution in [-0.2, 0) is 42.8 Å². The molecule has 0 bridgehead atoms. The second kappa shape index (κ2) is 14.9. The first-order chi connectivity index (χ1) is 14.0. The molecule has 0 heterocycles. The number of carbonyl (C=O) groups is 2. The fourth-order valence-corrected chi connectivity index (χ4v) is 4.11. The van der Waals surface area contributed by atoms with Gasteiger partial charge in [-0.2, -0.15) is 9.78 Å². The SMILES string of the molecule is CCC(C)OOC(=O)CC(C(=O)OOC(C)CC)P(=O)(OC(C)CC)OC(C)CC. The molecule has 0 saturated heterocycles. The van der Waals surface area contributed by atoms with Crippen LogP contribution in [0.5, 0.6) is 0 Å². The van der Waals surface area contributed by atoms with E-state index in [9.17, 15) is 14.2 Å². The van der Waals surface area contributed by atoms with E-state index in [4.69, 9.17) is 28.6 Å². The van der Waals surface area contributed by atoms with Crippen molar-refractivity contribution in [2.75, 3.05) is 0 Å². The Labute approximate surface area is 180 Å². The first-order valence-corrected chi connectivity index (χ1v) is 12.3. The molecule has 0 N–H and O–H groups in total. The molecule has 0 spiro atoms. The molecule has 0 aliphatic rings. The van der Waals surface area contributed by atoms with Crippen LogP contribution in [0.25, 0.3) is 0 Å². The van der Waals surface area contributed by atoms with Crippen LogP contribution in [-0.4, -0.2) is 42.0 Å². The second-order valence-corrected chi connectivity index (χ2v) is 9.52. The highest BCUT2D eigenvalue weighted by molar-refractivity contribution is 7.55. The Bertz CT molecular complexity index is 538. The molecular formula is C20H39O9P. The van der Waals surface area contributed by atoms with Gasteiger partial charge in [0.15, 0.2) is 5.66 Å². The maximum Gasteiger partial charge on any atom is 0.358 e. The highest BCUT2D eigenvalue weighted by Gasteiger charge is 2.47. The summed E-state index contributed by atoms with van der Waals surface area (Å²) in [7, 11) is -4.12. The van der Waals surface area contributed by atoms with Crippen molar-refractivity contribution in [3.63, 3.8) is 0 Å². The third kappa shape index (κ3) is 10.9. The van der Waals surface area contributed by atoms with Crippen molar-refractivity contribution in [3.05, 3.63) is 0 Å². The lowest BCUT2D eigenvalue weighted by molar-refractivity contribution is -0.299. The predicted octanol–water partition coefficient (Wildman–Crippen LogP) is 5.12. The fourth-order valence-electron chi connectivity index (χ4n) is 1.80. The van der Waals surface area contributed by atoms with E-state index in [1.165, 1.54) is 0 Å². The zero-order valence-corrected chi connectivity index (χ0v) is 20.4. The van der Waals surface area contributed by atoms with Gasteiger partial charge >= 0.3 is 19.5 Å². The Hall–Kier alpha value is -0.990. The van der Waals surface area contributed by atoms with Gasteiger partial charge in [0.05, 0.1) is 18.6 Å². The molecule has 0 aromatic rings. The first kappa shape index (κ1) is 29.0. The Morgan fingerprint density at radius 2 is 1.10 bits per heavy atom. The lowest BCUT2D eigenvalue weighted by Gasteiger charge is -2.29. The Morgan fingerprint density at radius 3 is 1.50 bits per heavy atom. The molecule has 5 unspecified atom stereocenters. The van der Waals surface area contributed by atoms with Gasteiger partial charge in [0, 0.05) is 0 Å². The third-order valence-electron chi connectivity index (χ3n) is 4.57. The molecule has 0 aliphatic carbocycles. The molecule has 0 amide bonds. The predicted molar refractivity (Wildman–Crippen MR) is 112 cm³/mol. The molecule has 0 aromatic carbocycles. The average molecular weight is 454 g/mol. The molecular weight excluding hydrogens is 415 g/mol. The van der Waals surface area contributed by atoms with E-state index in [-0.39, 0.29) is 12.2 Å². The van der Waals surface area contributed by atoms with E-state index in [0.717, 1.165) is 0 Å². The topological polar surface area (TPSA) is 107 Å². The van der Waals surface area contributed by atoms with Crippen LogP contribution in [0, 0.1) is 0 Å². The van der Waals surface area contributed by atoms with Crippen molar-refractivity contribution < 1.29 is 42.8 Å². The monoisotopic (exact) mass is 454 g/mol. The van der Waals surface area contributed by atoms with E-state index in [1.54, 1.807) is 27.7 Å². The van der Waals surface area contributed by atoms with Crippen molar-refractivity contribution in [2.45, 2.75) is 118 Å². The Kier molecular flexibility index (Phi) is 14.4. The smallest absolute Gasteiger partial charge is 0.305 e. The molecule has 5 atom stereocenters. The molecule has 0 aliphatic heterocycles. The Morgan fingerprint density at radius 1 is 0.700 bits per heavy atom. The highest BCUT2D eigenvalue weighted by Crippen LogP contribution is 2.57. The average Bonchev–Trinajstić information content (AvgIpc) is 2.72. The van der Waals surface area contributed by atoms with Gasteiger partial charge in [0.25, 0.3) is 0 Å². The largest absolute Gasteiger partial charge is 0.358 e. The van der Waals surface area contributed by atoms with Crippen molar-refractivity contribution in [1.29, 1.82) is 0 Å². The van der Waals surface area contributed by atoms with Crippen LogP contribution in [0.1, 0.15) is 87.5 Å². The molecule has 30 heavy (non-hydrogen) atoms. The molecule has 0 radical (unpaired) electrons. The van der Waals surface area contributed by atoms with Crippen LogP contribution in [0.3, 0.4) is 0 Å². The molecule has 0 saturated carbocycles. The van der Waals surface area contributed by atoms with E-state index in [1.807, 2.05) is 27.7 Å². The van der Waals surface area contributed by atoms with Gasteiger partial charge < -0.3 is 9.05 Å². The summed E-state index contributed by atoms with van der Waals surface area (Å²) in [4.78, 5) is 44.7. The first-order valence-electron chi connectivity index (χ1n) is 10.7. The lowest BCUT2D eigenvalue weighted by atomic mass is 10.3. The zero-order chi connectivity index (χ0) is 23.3. The van der Waals surface area contributed by atoms with Crippen molar-refractivity contribution in [3.8, 4) is 0 Å². The van der Waals surface area contributed by atoms with Crippen molar-refractivity contribution in [1.82, 2.24) is 0 Å². The molecule has 0 rings (SSSR count). The summed E-state index contributed by atoms with van der Waals surface area (Å²) in [5, 5.41) is 0. The van der Waals surface area contributed by atoms with Gasteiger partial charge in [-0.15, -0.1) is 0 Å². The van der Waals surface area contributed by atoms with Crippen LogP contribution >= 0.6 is 7.60 Å². The minimum absolute atomic E-state index is 0.326. The minimum Gasteiger partial charge on any atom is -0.305 e. The summed E-state index contributed by atoms with van der Waals surface area (Å²) < 4.78 is 25.0. The standard InChI is InChI=1S/C20H39O9P/c1-9-14(5)24-26-19(21)13-18(20(22)27-25-15(6)10-2)30(23,28-16(7)11-3)29-17(8)12-4/h14-18H,9-13H2,1-8H3. The number of hydrogen-bond acceptors (Lipinski definition) is 9. The fraction of sp³-hybridized carbons (Fsp3) is 0.900. The van der Waals surface area contributed by atoms with Crippen LogP contribution in [0.15, 0.2) is 0 Å². The minimum atomic E-state index is -4.12. The van der Waals surface area contributed by atoms with Gasteiger partial charge in [-0.25, -0.2) is 9.59 Å². The quantitative estimate of drug-likeness (QED) is 0.178. The molecule has 10 heteroatoms. The summed E-state index contributed by atoms with van der Waals surface area (Å²) in [5.41, 5.74) is -1.56. The lowest BCUT2D eigenvalue weighted by Crippen LogP contribution is -2.32. The Balaban J connectivity index is 5.70. The van der Waals surface area contributed by atoms with E-state index < -0.39 is 43.8 Å². The van der Waals surface area contributed by atoms with Crippen LogP contribution < -0.4 is 0 Å². The second-order valence-electron chi connectivity index (χ2n) is 7.40. The summed E-state index contributed by atoms with van der Waals surface area (Å²) in [6.07, 6.45) is 0.00979. The molecule has 0 aromatic heterocycles. The van der Waals surface area contributed by atoms with Crippen molar-refractivity contribution >= 4 is 19.5 Å². The van der Waals surface area contributed by atoms with Crippen LogP contribution in [0.4, 0.5) is 0 Å². The number of carbonyl (C=O) groups excluding carboxylic acids is 2. The summed E-state index contributed by atoms with van der Waals surface area (Å²) in [6, 6.07) is 0. The maximum atomic E-state index is 13.7. The number of hydrogen-bond donors (Lipinski definition) is 0. The van der Waals surface area contributed by atoms with E-state index in [2.05, 4.69) is 0 Å². The molecule has 178 valence electrons. The van der Waals surface area contributed by atoms with Gasteiger partial charge in [-0.05, 0) is 53.4 Å². The maximum absolute atomic E-state index is 13.7. The number of rotatable bonds is 16. The van der Waals surface area contributed by atoms with Crippen molar-refractivity contribution in [2.24, 2.45) is 0 Å². The van der Waals surface area contributed by atoms with Gasteiger partial charge in [0.2, 0.25) is 0 Å². The van der Waals surface area contributed by atoms with Gasteiger partial charge in [-0.3, -0.25) is 14.3 Å². The van der Waals surface area contributed by atoms with Crippen LogP contribution in [0.2, 0.25) is 0 Å². The zero-order valence-electron chi connectivity index (χ0n) is 19.5.